The van der Waals surface area contributed by atoms with Gasteiger partial charge in [0.15, 0.2) is 0 Å². The molecule has 13 rings (SSSR count). The zero-order valence-corrected chi connectivity index (χ0v) is 31.0. The van der Waals surface area contributed by atoms with E-state index in [1.165, 1.54) is 21.5 Å². The molecule has 0 atom stereocenters. The lowest BCUT2D eigenvalue weighted by molar-refractivity contribution is 1.06. The van der Waals surface area contributed by atoms with Gasteiger partial charge in [0.1, 0.15) is 32.9 Å². The molecule has 4 aromatic carbocycles. The molecule has 57 heavy (non-hydrogen) atoms. The molecule has 0 aliphatic rings. The number of hydrogen-bond acceptors (Lipinski definition) is 5. The summed E-state index contributed by atoms with van der Waals surface area (Å²) in [5.41, 5.74) is 6.63. The van der Waals surface area contributed by atoms with Gasteiger partial charge in [0.25, 0.3) is 0 Å². The van der Waals surface area contributed by atoms with Crippen LogP contribution in [0.2, 0.25) is 0 Å². The first-order valence-electron chi connectivity index (χ1n) is 18.9. The van der Waals surface area contributed by atoms with Gasteiger partial charge in [-0.05, 0) is 72.8 Å². The molecule has 9 aromatic heterocycles. The van der Waals surface area contributed by atoms with Crippen LogP contribution in [0.5, 0.6) is 0 Å². The Bertz CT molecular complexity index is 3430. The van der Waals surface area contributed by atoms with Gasteiger partial charge < -0.3 is 9.13 Å². The molecule has 0 saturated heterocycles. The summed E-state index contributed by atoms with van der Waals surface area (Å²) < 4.78 is 8.87. The van der Waals surface area contributed by atoms with Crippen molar-refractivity contribution in [3.8, 4) is 23.3 Å². The first-order chi connectivity index (χ1) is 28.3. The topological polar surface area (TPSA) is 71.3 Å². The van der Waals surface area contributed by atoms with Crippen molar-refractivity contribution >= 4 is 97.2 Å². The van der Waals surface area contributed by atoms with E-state index in [0.717, 1.165) is 87.6 Å². The summed E-state index contributed by atoms with van der Waals surface area (Å²) in [7, 11) is 0. The van der Waals surface area contributed by atoms with Crippen molar-refractivity contribution in [2.75, 3.05) is 0 Å². The number of hydrogen-bond donors (Lipinski definition) is 0. The third-order valence-corrected chi connectivity index (χ3v) is 12.5. The molecule has 0 N–H and O–H groups in total. The minimum absolute atomic E-state index is 0.852. The first kappa shape index (κ1) is 30.7. The molecule has 0 bridgehead atoms. The highest BCUT2D eigenvalue weighted by Crippen LogP contribution is 2.38. The van der Waals surface area contributed by atoms with Gasteiger partial charge >= 0.3 is 0 Å². The molecule has 0 fully saturated rings. The predicted molar refractivity (Wildman–Crippen MR) is 233 cm³/mol. The van der Waals surface area contributed by atoms with E-state index in [4.69, 9.17) is 19.9 Å². The smallest absolute Gasteiger partial charge is 0.147 e. The molecular formula is C48H28N8S. The quantitative estimate of drug-likeness (QED) is 0.180. The maximum Gasteiger partial charge on any atom is 0.147 e. The Morgan fingerprint density at radius 1 is 0.333 bits per heavy atom. The Balaban J connectivity index is 0.912. The molecule has 0 amide bonds. The summed E-state index contributed by atoms with van der Waals surface area (Å²) in [5.74, 6) is 3.51. The van der Waals surface area contributed by atoms with Gasteiger partial charge in [-0.1, -0.05) is 84.1 Å². The summed E-state index contributed by atoms with van der Waals surface area (Å²) in [5, 5.41) is 9.16. The molecule has 0 radical (unpaired) electrons. The Labute approximate surface area is 327 Å². The zero-order valence-electron chi connectivity index (χ0n) is 30.2. The summed E-state index contributed by atoms with van der Waals surface area (Å²) >= 11 is 1.62. The Kier molecular flexibility index (Phi) is 6.16. The third-order valence-electron chi connectivity index (χ3n) is 11.4. The van der Waals surface area contributed by atoms with Crippen molar-refractivity contribution < 1.29 is 0 Å². The van der Waals surface area contributed by atoms with Crippen molar-refractivity contribution in [3.63, 3.8) is 0 Å². The monoisotopic (exact) mass is 748 g/mol. The number of rotatable bonds is 4. The first-order valence-corrected chi connectivity index (χ1v) is 19.7. The summed E-state index contributed by atoms with van der Waals surface area (Å²) in [6.07, 6.45) is 7.99. The SMILES string of the molecule is c1ccc2c(c1)c1ccccc1n2-c1nccc2c1ccn2-c1ccc2c(n1)sc1nc(-n3ccc4c(-n5c6ccccc6c6ccccc65)nccc43)ccc12. The molecule has 266 valence electrons. The van der Waals surface area contributed by atoms with Crippen LogP contribution in [0.4, 0.5) is 0 Å². The van der Waals surface area contributed by atoms with Gasteiger partial charge in [-0.25, -0.2) is 19.9 Å². The van der Waals surface area contributed by atoms with E-state index in [2.05, 4.69) is 176 Å². The van der Waals surface area contributed by atoms with E-state index in [-0.39, 0.29) is 0 Å². The van der Waals surface area contributed by atoms with Gasteiger partial charge in [0.2, 0.25) is 0 Å². The summed E-state index contributed by atoms with van der Waals surface area (Å²) in [6, 6.07) is 51.2. The van der Waals surface area contributed by atoms with Crippen molar-refractivity contribution in [3.05, 3.63) is 170 Å². The van der Waals surface area contributed by atoms with Gasteiger partial charge in [-0.3, -0.25) is 9.13 Å². The third kappa shape index (κ3) is 4.26. The number of nitrogens with zero attached hydrogens (tertiary/aromatic N) is 8. The lowest BCUT2D eigenvalue weighted by Gasteiger charge is -2.10. The van der Waals surface area contributed by atoms with Crippen LogP contribution in [-0.4, -0.2) is 38.2 Å². The minimum atomic E-state index is 0.852. The molecule has 9 heteroatoms. The fourth-order valence-corrected chi connectivity index (χ4v) is 9.99. The molecule has 0 aliphatic carbocycles. The summed E-state index contributed by atoms with van der Waals surface area (Å²) in [6.45, 7) is 0. The number of para-hydroxylation sites is 4. The van der Waals surface area contributed by atoms with Crippen molar-refractivity contribution in [2.45, 2.75) is 0 Å². The molecule has 9 heterocycles. The van der Waals surface area contributed by atoms with Crippen LogP contribution in [0.1, 0.15) is 0 Å². The van der Waals surface area contributed by atoms with E-state index >= 15 is 0 Å². The summed E-state index contributed by atoms with van der Waals surface area (Å²) in [4.78, 5) is 22.2. The molecule has 0 spiro atoms. The maximum absolute atomic E-state index is 5.23. The second kappa shape index (κ2) is 11.5. The van der Waals surface area contributed by atoms with E-state index in [1.807, 2.05) is 12.4 Å². The van der Waals surface area contributed by atoms with Crippen LogP contribution in [0.15, 0.2) is 170 Å². The molecule has 0 aliphatic heterocycles. The van der Waals surface area contributed by atoms with E-state index in [9.17, 15) is 0 Å². The van der Waals surface area contributed by atoms with E-state index in [1.54, 1.807) is 11.3 Å². The molecule has 0 unspecified atom stereocenters. The Morgan fingerprint density at radius 2 is 0.719 bits per heavy atom. The maximum atomic E-state index is 5.23. The molecule has 8 nitrogen and oxygen atoms in total. The van der Waals surface area contributed by atoms with Crippen molar-refractivity contribution in [1.29, 1.82) is 0 Å². The molecule has 13 aromatic rings. The number of aromatic nitrogens is 8. The van der Waals surface area contributed by atoms with Gasteiger partial charge in [0.05, 0.1) is 33.1 Å². The standard InChI is InChI=1S/C48H28N8S/c1-5-13-39-29(9-1)30-10-2-6-14-40(30)55(39)45-35-23-27-53(37(35)21-25-49-45)43-19-17-33-34-18-20-44(52-48(34)57-47(33)51-43)54-28-24-36-38(54)22-26-50-46(36)56-41-15-7-3-11-31(41)32-12-4-8-16-42(32)56/h1-28H. The van der Waals surface area contributed by atoms with Gasteiger partial charge in [-0.2, -0.15) is 0 Å². The van der Waals surface area contributed by atoms with Gasteiger partial charge in [-0.15, -0.1) is 0 Å². The number of thiophene rings is 1. The molecule has 0 saturated carbocycles. The van der Waals surface area contributed by atoms with Crippen LogP contribution < -0.4 is 0 Å². The van der Waals surface area contributed by atoms with Gasteiger partial charge in [0, 0.05) is 67.9 Å². The fourth-order valence-electron chi connectivity index (χ4n) is 8.95. The Hall–Kier alpha value is -7.62. The normalized spacial score (nSPS) is 12.2. The van der Waals surface area contributed by atoms with Crippen LogP contribution in [0.3, 0.4) is 0 Å². The zero-order chi connectivity index (χ0) is 37.2. The highest BCUT2D eigenvalue weighted by molar-refractivity contribution is 7.25. The molecular weight excluding hydrogens is 721 g/mol. The average molecular weight is 749 g/mol. The average Bonchev–Trinajstić information content (AvgIpc) is 4.09. The second-order valence-electron chi connectivity index (χ2n) is 14.4. The van der Waals surface area contributed by atoms with Crippen LogP contribution >= 0.6 is 11.3 Å². The number of benzene rings is 4. The second-order valence-corrected chi connectivity index (χ2v) is 15.4. The van der Waals surface area contributed by atoms with Crippen molar-refractivity contribution in [2.24, 2.45) is 0 Å². The van der Waals surface area contributed by atoms with Crippen LogP contribution in [0.25, 0.3) is 109 Å². The fraction of sp³-hybridized carbons (Fsp3) is 0. The predicted octanol–water partition coefficient (Wildman–Crippen LogP) is 11.7. The number of pyridine rings is 4. The van der Waals surface area contributed by atoms with E-state index < -0.39 is 0 Å². The highest BCUT2D eigenvalue weighted by Gasteiger charge is 2.19. The largest absolute Gasteiger partial charge is 0.301 e. The lowest BCUT2D eigenvalue weighted by Crippen LogP contribution is -1.99. The number of fused-ring (bicyclic) bond motifs is 11. The lowest BCUT2D eigenvalue weighted by atomic mass is 10.2. The Morgan fingerprint density at radius 3 is 1.12 bits per heavy atom. The minimum Gasteiger partial charge on any atom is -0.301 e. The highest BCUT2D eigenvalue weighted by atomic mass is 32.1. The van der Waals surface area contributed by atoms with Crippen molar-refractivity contribution in [1.82, 2.24) is 38.2 Å². The van der Waals surface area contributed by atoms with Crippen LogP contribution in [-0.2, 0) is 0 Å². The van der Waals surface area contributed by atoms with Crippen LogP contribution in [0, 0.1) is 0 Å². The van der Waals surface area contributed by atoms with E-state index in [0.29, 0.717) is 0 Å².